The quantitative estimate of drug-likeness (QED) is 0.633. The lowest BCUT2D eigenvalue weighted by atomic mass is 9.94. The van der Waals surface area contributed by atoms with Gasteiger partial charge in [-0.05, 0) is 31.9 Å². The van der Waals surface area contributed by atoms with Crippen LogP contribution in [0.5, 0.6) is 0 Å². The summed E-state index contributed by atoms with van der Waals surface area (Å²) in [5.74, 6) is 0.481. The van der Waals surface area contributed by atoms with E-state index in [1.165, 1.54) is 32.4 Å². The molecule has 0 bridgehead atoms. The molecule has 5 nitrogen and oxygen atoms in total. The summed E-state index contributed by atoms with van der Waals surface area (Å²) in [7, 11) is 3.17. The van der Waals surface area contributed by atoms with Crippen LogP contribution in [0.15, 0.2) is 16.6 Å². The van der Waals surface area contributed by atoms with Gasteiger partial charge in [0.1, 0.15) is 17.1 Å². The van der Waals surface area contributed by atoms with E-state index in [9.17, 15) is 9.59 Å². The minimum absolute atomic E-state index is 0.0411. The molecule has 120 valence electrons. The van der Waals surface area contributed by atoms with E-state index in [1.54, 1.807) is 24.0 Å². The predicted molar refractivity (Wildman–Crippen MR) is 83.5 cm³/mol. The summed E-state index contributed by atoms with van der Waals surface area (Å²) in [6, 6.07) is 1.92. The molecule has 0 spiro atoms. The maximum Gasteiger partial charge on any atom is 0.341 e. The molecule has 1 saturated carbocycles. The van der Waals surface area contributed by atoms with Crippen molar-refractivity contribution in [2.24, 2.45) is 0 Å². The summed E-state index contributed by atoms with van der Waals surface area (Å²) >= 11 is 0. The van der Waals surface area contributed by atoms with Crippen molar-refractivity contribution in [1.29, 1.82) is 0 Å². The van der Waals surface area contributed by atoms with Gasteiger partial charge in [-0.3, -0.25) is 4.79 Å². The number of likely N-dealkylation sites (N-methyl/N-ethyl adjacent to an activating group) is 1. The second kappa shape index (κ2) is 7.29. The van der Waals surface area contributed by atoms with Gasteiger partial charge in [0.15, 0.2) is 0 Å². The molecule has 0 radical (unpaired) electrons. The van der Waals surface area contributed by atoms with Gasteiger partial charge in [-0.2, -0.15) is 0 Å². The highest BCUT2D eigenvalue weighted by Crippen LogP contribution is 2.22. The molecule has 1 amide bonds. The number of methoxy groups -OCH3 is 1. The summed E-state index contributed by atoms with van der Waals surface area (Å²) in [5.41, 5.74) is 0.384. The number of furan rings is 1. The van der Waals surface area contributed by atoms with Gasteiger partial charge in [-0.25, -0.2) is 4.79 Å². The number of aryl methyl sites for hydroxylation is 1. The van der Waals surface area contributed by atoms with Crippen LogP contribution in [0.3, 0.4) is 0 Å². The van der Waals surface area contributed by atoms with Crippen molar-refractivity contribution in [3.8, 4) is 0 Å². The number of nitrogens with zero attached hydrogens (tertiary/aromatic N) is 1. The Hall–Kier alpha value is -2.04. The smallest absolute Gasteiger partial charge is 0.341 e. The molecule has 0 aromatic carbocycles. The standard InChI is InChI=1S/C17H23NO4/c1-12-15(17(20)21-3)11-14(22-12)9-10-16(19)18(2)13-7-5-4-6-8-13/h9-11,13H,4-8H2,1-3H3/b10-9+. The normalized spacial score (nSPS) is 16.0. The third kappa shape index (κ3) is 3.78. The molecular formula is C17H23NO4. The Morgan fingerprint density at radius 1 is 1.32 bits per heavy atom. The molecule has 0 atom stereocenters. The van der Waals surface area contributed by atoms with Crippen LogP contribution in [0, 0.1) is 6.92 Å². The molecule has 0 aliphatic heterocycles. The molecule has 5 heteroatoms. The van der Waals surface area contributed by atoms with Crippen LogP contribution in [-0.4, -0.2) is 37.0 Å². The first-order chi connectivity index (χ1) is 10.5. The van der Waals surface area contributed by atoms with E-state index in [-0.39, 0.29) is 5.91 Å². The van der Waals surface area contributed by atoms with Crippen molar-refractivity contribution >= 4 is 18.0 Å². The average Bonchev–Trinajstić information content (AvgIpc) is 2.92. The van der Waals surface area contributed by atoms with Gasteiger partial charge in [0.25, 0.3) is 0 Å². The number of carbonyl (C=O) groups excluding carboxylic acids is 2. The zero-order chi connectivity index (χ0) is 16.1. The van der Waals surface area contributed by atoms with Gasteiger partial charge in [-0.1, -0.05) is 19.3 Å². The maximum atomic E-state index is 12.2. The van der Waals surface area contributed by atoms with Crippen LogP contribution >= 0.6 is 0 Å². The van der Waals surface area contributed by atoms with Crippen molar-refractivity contribution < 1.29 is 18.7 Å². The van der Waals surface area contributed by atoms with E-state index in [4.69, 9.17) is 4.42 Å². The molecule has 0 saturated heterocycles. The molecule has 22 heavy (non-hydrogen) atoms. The first-order valence-corrected chi connectivity index (χ1v) is 7.66. The van der Waals surface area contributed by atoms with E-state index >= 15 is 0 Å². The average molecular weight is 305 g/mol. The fourth-order valence-electron chi connectivity index (χ4n) is 2.82. The zero-order valence-electron chi connectivity index (χ0n) is 13.4. The number of amides is 1. The largest absolute Gasteiger partial charge is 0.465 e. The highest BCUT2D eigenvalue weighted by molar-refractivity contribution is 5.93. The lowest BCUT2D eigenvalue weighted by molar-refractivity contribution is -0.127. The highest BCUT2D eigenvalue weighted by atomic mass is 16.5. The summed E-state index contributed by atoms with van der Waals surface area (Å²) in [4.78, 5) is 25.5. The van der Waals surface area contributed by atoms with E-state index < -0.39 is 5.97 Å². The zero-order valence-corrected chi connectivity index (χ0v) is 13.4. The van der Waals surface area contributed by atoms with Crippen LogP contribution < -0.4 is 0 Å². The number of ether oxygens (including phenoxy) is 1. The monoisotopic (exact) mass is 305 g/mol. The van der Waals surface area contributed by atoms with E-state index in [2.05, 4.69) is 4.74 Å². The molecular weight excluding hydrogens is 282 g/mol. The SMILES string of the molecule is COC(=O)c1cc(/C=C/C(=O)N(C)C2CCCCC2)oc1C. The molecule has 1 aliphatic rings. The Labute approximate surface area is 130 Å². The van der Waals surface area contributed by atoms with Gasteiger partial charge in [-0.15, -0.1) is 0 Å². The van der Waals surface area contributed by atoms with Crippen molar-refractivity contribution in [2.45, 2.75) is 45.1 Å². The van der Waals surface area contributed by atoms with Crippen molar-refractivity contribution in [3.63, 3.8) is 0 Å². The van der Waals surface area contributed by atoms with Gasteiger partial charge >= 0.3 is 5.97 Å². The number of hydrogen-bond acceptors (Lipinski definition) is 4. The summed E-state index contributed by atoms with van der Waals surface area (Å²) in [6.07, 6.45) is 8.87. The van der Waals surface area contributed by atoms with E-state index in [0.717, 1.165) is 12.8 Å². The van der Waals surface area contributed by atoms with Crippen LogP contribution in [0.4, 0.5) is 0 Å². The van der Waals surface area contributed by atoms with Gasteiger partial charge in [0, 0.05) is 19.2 Å². The summed E-state index contributed by atoms with van der Waals surface area (Å²) < 4.78 is 10.1. The van der Waals surface area contributed by atoms with Crippen LogP contribution in [0.1, 0.15) is 54.0 Å². The molecule has 0 N–H and O–H groups in total. The first-order valence-electron chi connectivity index (χ1n) is 7.66. The third-order valence-corrected chi connectivity index (χ3v) is 4.20. The molecule has 2 rings (SSSR count). The number of carbonyl (C=O) groups is 2. The minimum Gasteiger partial charge on any atom is -0.465 e. The second-order valence-electron chi connectivity index (χ2n) is 5.68. The van der Waals surface area contributed by atoms with Gasteiger partial charge < -0.3 is 14.1 Å². The van der Waals surface area contributed by atoms with Crippen molar-refractivity contribution in [3.05, 3.63) is 29.2 Å². The Morgan fingerprint density at radius 2 is 2.00 bits per heavy atom. The lowest BCUT2D eigenvalue weighted by Crippen LogP contribution is -2.37. The summed E-state index contributed by atoms with van der Waals surface area (Å²) in [6.45, 7) is 1.69. The molecule has 1 aromatic heterocycles. The second-order valence-corrected chi connectivity index (χ2v) is 5.68. The fourth-order valence-corrected chi connectivity index (χ4v) is 2.82. The molecule has 0 unspecified atom stereocenters. The molecule has 1 fully saturated rings. The lowest BCUT2D eigenvalue weighted by Gasteiger charge is -2.30. The fraction of sp³-hybridized carbons (Fsp3) is 0.529. The molecule has 1 aromatic rings. The number of rotatable bonds is 4. The summed E-state index contributed by atoms with van der Waals surface area (Å²) in [5, 5.41) is 0. The molecule has 1 heterocycles. The number of hydrogen-bond donors (Lipinski definition) is 0. The molecule has 1 aliphatic carbocycles. The van der Waals surface area contributed by atoms with Gasteiger partial charge in [0.2, 0.25) is 5.91 Å². The van der Waals surface area contributed by atoms with E-state index in [1.807, 2.05) is 7.05 Å². The Balaban J connectivity index is 2.01. The first kappa shape index (κ1) is 16.3. The van der Waals surface area contributed by atoms with Crippen molar-refractivity contribution in [2.75, 3.05) is 14.2 Å². The van der Waals surface area contributed by atoms with Crippen LogP contribution in [0.25, 0.3) is 6.08 Å². The van der Waals surface area contributed by atoms with Crippen LogP contribution in [-0.2, 0) is 9.53 Å². The minimum atomic E-state index is -0.438. The van der Waals surface area contributed by atoms with Crippen molar-refractivity contribution in [1.82, 2.24) is 4.90 Å². The Kier molecular flexibility index (Phi) is 5.41. The van der Waals surface area contributed by atoms with Gasteiger partial charge in [0.05, 0.1) is 7.11 Å². The Morgan fingerprint density at radius 3 is 2.64 bits per heavy atom. The number of esters is 1. The highest BCUT2D eigenvalue weighted by Gasteiger charge is 2.20. The topological polar surface area (TPSA) is 59.8 Å². The predicted octanol–water partition coefficient (Wildman–Crippen LogP) is 3.18. The van der Waals surface area contributed by atoms with Crippen LogP contribution in [0.2, 0.25) is 0 Å². The Bertz CT molecular complexity index is 567. The van der Waals surface area contributed by atoms with E-state index in [0.29, 0.717) is 23.1 Å². The third-order valence-electron chi connectivity index (χ3n) is 4.20. The maximum absolute atomic E-state index is 12.2.